The van der Waals surface area contributed by atoms with Crippen LogP contribution in [0.25, 0.3) is 0 Å². The molecule has 126 valence electrons. The second kappa shape index (κ2) is 6.20. The third-order valence-electron chi connectivity index (χ3n) is 3.54. The van der Waals surface area contributed by atoms with E-state index < -0.39 is 26.6 Å². The molecule has 2 aromatic rings. The smallest absolute Gasteiger partial charge is 0.264 e. The van der Waals surface area contributed by atoms with Crippen molar-refractivity contribution in [2.45, 2.75) is 17.7 Å². The highest BCUT2D eigenvalue weighted by Crippen LogP contribution is 2.30. The molecule has 1 aliphatic carbocycles. The van der Waals surface area contributed by atoms with Crippen molar-refractivity contribution in [3.8, 4) is 0 Å². The Morgan fingerprint density at radius 2 is 1.62 bits per heavy atom. The quantitative estimate of drug-likeness (QED) is 0.868. The average Bonchev–Trinajstić information content (AvgIpc) is 3.36. The molecule has 0 unspecified atom stereocenters. The van der Waals surface area contributed by atoms with E-state index in [1.54, 1.807) is 0 Å². The Kier molecular flexibility index (Phi) is 4.23. The highest BCUT2D eigenvalue weighted by molar-refractivity contribution is 7.92. The Bertz CT molecular complexity index is 879. The van der Waals surface area contributed by atoms with E-state index in [0.29, 0.717) is 11.8 Å². The number of anilines is 2. The Hall–Kier alpha value is -2.48. The molecule has 0 spiro atoms. The molecule has 0 aromatic heterocycles. The van der Waals surface area contributed by atoms with E-state index in [4.69, 9.17) is 0 Å². The Labute approximate surface area is 137 Å². The normalized spacial score (nSPS) is 14.2. The van der Waals surface area contributed by atoms with Crippen molar-refractivity contribution in [3.63, 3.8) is 0 Å². The lowest BCUT2D eigenvalue weighted by Crippen LogP contribution is -2.15. The monoisotopic (exact) mass is 352 g/mol. The lowest BCUT2D eigenvalue weighted by atomic mass is 10.2. The van der Waals surface area contributed by atoms with E-state index in [1.807, 2.05) is 0 Å². The third kappa shape index (κ3) is 3.70. The lowest BCUT2D eigenvalue weighted by Gasteiger charge is -2.10. The van der Waals surface area contributed by atoms with Gasteiger partial charge in [0.25, 0.3) is 10.0 Å². The van der Waals surface area contributed by atoms with Gasteiger partial charge in [-0.2, -0.15) is 0 Å². The molecule has 1 fully saturated rings. The standard InChI is InChI=1S/C16H14F2N2O3S/c17-11-3-8-14(18)15(9-11)24(22,23)20-13-6-4-12(5-7-13)19-16(21)10-1-2-10/h3-10,20H,1-2H2,(H,19,21). The Morgan fingerprint density at radius 3 is 2.25 bits per heavy atom. The van der Waals surface area contributed by atoms with Crippen LogP contribution in [-0.4, -0.2) is 14.3 Å². The van der Waals surface area contributed by atoms with Crippen LogP contribution in [0, 0.1) is 17.6 Å². The number of carbonyl (C=O) groups excluding carboxylic acids is 1. The molecule has 8 heteroatoms. The van der Waals surface area contributed by atoms with Gasteiger partial charge in [0.05, 0.1) is 0 Å². The number of sulfonamides is 1. The molecular weight excluding hydrogens is 338 g/mol. The maximum Gasteiger partial charge on any atom is 0.264 e. The fraction of sp³-hybridized carbons (Fsp3) is 0.188. The van der Waals surface area contributed by atoms with Crippen LogP contribution < -0.4 is 10.0 Å². The maximum atomic E-state index is 13.6. The van der Waals surface area contributed by atoms with E-state index in [1.165, 1.54) is 24.3 Å². The molecule has 0 atom stereocenters. The van der Waals surface area contributed by atoms with Gasteiger partial charge in [0.1, 0.15) is 16.5 Å². The van der Waals surface area contributed by atoms with Crippen molar-refractivity contribution >= 4 is 27.3 Å². The molecule has 0 bridgehead atoms. The van der Waals surface area contributed by atoms with Gasteiger partial charge in [-0.25, -0.2) is 17.2 Å². The lowest BCUT2D eigenvalue weighted by molar-refractivity contribution is -0.117. The fourth-order valence-corrected chi connectivity index (χ4v) is 3.25. The number of amides is 1. The first-order valence-electron chi connectivity index (χ1n) is 7.24. The number of nitrogens with one attached hydrogen (secondary N) is 2. The van der Waals surface area contributed by atoms with Crippen LogP contribution in [-0.2, 0) is 14.8 Å². The highest BCUT2D eigenvalue weighted by Gasteiger charge is 2.29. The summed E-state index contributed by atoms with van der Waals surface area (Å²) in [7, 11) is -4.26. The molecule has 0 saturated heterocycles. The van der Waals surface area contributed by atoms with E-state index in [2.05, 4.69) is 10.0 Å². The summed E-state index contributed by atoms with van der Waals surface area (Å²) >= 11 is 0. The second-order valence-corrected chi connectivity index (χ2v) is 7.17. The van der Waals surface area contributed by atoms with Crippen LogP contribution in [0.15, 0.2) is 47.4 Å². The first kappa shape index (κ1) is 16.4. The zero-order valence-electron chi connectivity index (χ0n) is 12.4. The van der Waals surface area contributed by atoms with Gasteiger partial charge in [-0.1, -0.05) is 0 Å². The molecule has 3 rings (SSSR count). The minimum atomic E-state index is -4.26. The van der Waals surface area contributed by atoms with Gasteiger partial charge >= 0.3 is 0 Å². The van der Waals surface area contributed by atoms with Crippen molar-refractivity contribution in [2.75, 3.05) is 10.0 Å². The summed E-state index contributed by atoms with van der Waals surface area (Å²) < 4.78 is 53.3. The minimum absolute atomic E-state index is 0.0548. The summed E-state index contributed by atoms with van der Waals surface area (Å²) in [6, 6.07) is 8.11. The van der Waals surface area contributed by atoms with Crippen LogP contribution in [0.5, 0.6) is 0 Å². The molecule has 2 aromatic carbocycles. The van der Waals surface area contributed by atoms with Crippen molar-refractivity contribution in [2.24, 2.45) is 5.92 Å². The predicted octanol–water partition coefficient (Wildman–Crippen LogP) is 3.11. The van der Waals surface area contributed by atoms with Crippen LogP contribution >= 0.6 is 0 Å². The first-order chi connectivity index (χ1) is 11.3. The van der Waals surface area contributed by atoms with Gasteiger partial charge in [0, 0.05) is 17.3 Å². The molecule has 0 radical (unpaired) electrons. The number of rotatable bonds is 5. The number of halogens is 2. The summed E-state index contributed by atoms with van der Waals surface area (Å²) in [5.41, 5.74) is 0.704. The zero-order valence-corrected chi connectivity index (χ0v) is 13.2. The van der Waals surface area contributed by atoms with Crippen LogP contribution in [0.4, 0.5) is 20.2 Å². The molecule has 0 heterocycles. The van der Waals surface area contributed by atoms with Crippen molar-refractivity contribution in [1.82, 2.24) is 0 Å². The average molecular weight is 352 g/mol. The molecule has 0 aliphatic heterocycles. The molecule has 1 saturated carbocycles. The zero-order chi connectivity index (χ0) is 17.3. The summed E-state index contributed by atoms with van der Waals surface area (Å²) in [6.45, 7) is 0. The van der Waals surface area contributed by atoms with Crippen molar-refractivity contribution in [3.05, 3.63) is 54.1 Å². The predicted molar refractivity (Wildman–Crippen MR) is 85.0 cm³/mol. The van der Waals surface area contributed by atoms with E-state index in [-0.39, 0.29) is 17.5 Å². The topological polar surface area (TPSA) is 75.3 Å². The summed E-state index contributed by atoms with van der Waals surface area (Å²) in [5, 5.41) is 2.72. The second-order valence-electron chi connectivity index (χ2n) is 5.52. The Balaban J connectivity index is 1.75. The summed E-state index contributed by atoms with van der Waals surface area (Å²) in [5.74, 6) is -1.91. The summed E-state index contributed by atoms with van der Waals surface area (Å²) in [6.07, 6.45) is 1.76. The fourth-order valence-electron chi connectivity index (χ4n) is 2.10. The van der Waals surface area contributed by atoms with Crippen LogP contribution in [0.1, 0.15) is 12.8 Å². The SMILES string of the molecule is O=C(Nc1ccc(NS(=O)(=O)c2cc(F)ccc2F)cc1)C1CC1. The van der Waals surface area contributed by atoms with Gasteiger partial charge < -0.3 is 5.32 Å². The van der Waals surface area contributed by atoms with Gasteiger partial charge in [-0.15, -0.1) is 0 Å². The molecule has 2 N–H and O–H groups in total. The largest absolute Gasteiger partial charge is 0.326 e. The number of benzene rings is 2. The van der Waals surface area contributed by atoms with Crippen molar-refractivity contribution < 1.29 is 22.0 Å². The molecule has 24 heavy (non-hydrogen) atoms. The van der Waals surface area contributed by atoms with Gasteiger partial charge in [-0.05, 0) is 55.3 Å². The molecule has 5 nitrogen and oxygen atoms in total. The molecule has 1 amide bonds. The summed E-state index contributed by atoms with van der Waals surface area (Å²) in [4.78, 5) is 10.9. The van der Waals surface area contributed by atoms with Crippen LogP contribution in [0.2, 0.25) is 0 Å². The van der Waals surface area contributed by atoms with Gasteiger partial charge in [0.2, 0.25) is 5.91 Å². The number of hydrogen-bond acceptors (Lipinski definition) is 3. The number of hydrogen-bond donors (Lipinski definition) is 2. The van der Waals surface area contributed by atoms with E-state index >= 15 is 0 Å². The third-order valence-corrected chi connectivity index (χ3v) is 4.93. The number of carbonyl (C=O) groups is 1. The van der Waals surface area contributed by atoms with Crippen LogP contribution in [0.3, 0.4) is 0 Å². The van der Waals surface area contributed by atoms with Gasteiger partial charge in [-0.3, -0.25) is 9.52 Å². The molecule has 1 aliphatic rings. The van der Waals surface area contributed by atoms with Crippen molar-refractivity contribution in [1.29, 1.82) is 0 Å². The van der Waals surface area contributed by atoms with E-state index in [0.717, 1.165) is 25.0 Å². The first-order valence-corrected chi connectivity index (χ1v) is 8.72. The molecular formula is C16H14F2N2O3S. The highest BCUT2D eigenvalue weighted by atomic mass is 32.2. The minimum Gasteiger partial charge on any atom is -0.326 e. The maximum absolute atomic E-state index is 13.6. The van der Waals surface area contributed by atoms with E-state index in [9.17, 15) is 22.0 Å². The van der Waals surface area contributed by atoms with Gasteiger partial charge in [0.15, 0.2) is 0 Å². The Morgan fingerprint density at radius 1 is 1.00 bits per heavy atom.